The van der Waals surface area contributed by atoms with Crippen molar-refractivity contribution in [3.05, 3.63) is 0 Å². The molecule has 0 spiro atoms. The van der Waals surface area contributed by atoms with E-state index >= 15 is 0 Å². The summed E-state index contributed by atoms with van der Waals surface area (Å²) in [5.41, 5.74) is 0. The van der Waals surface area contributed by atoms with Crippen molar-refractivity contribution in [3.8, 4) is 0 Å². The number of methoxy groups -OCH3 is 2. The molecule has 0 bridgehead atoms. The Kier molecular flexibility index (Phi) is 5.31. The lowest BCUT2D eigenvalue weighted by atomic mass is 10.1. The van der Waals surface area contributed by atoms with Crippen molar-refractivity contribution >= 4 is 0 Å². The van der Waals surface area contributed by atoms with E-state index in [1.807, 2.05) is 0 Å². The van der Waals surface area contributed by atoms with Crippen LogP contribution in [0.2, 0.25) is 0 Å². The Labute approximate surface area is 79.1 Å². The van der Waals surface area contributed by atoms with Crippen LogP contribution in [0.4, 0.5) is 0 Å². The normalized spacial score (nSPS) is 22.8. The zero-order valence-corrected chi connectivity index (χ0v) is 8.32. The van der Waals surface area contributed by atoms with Crippen LogP contribution in [-0.2, 0) is 18.9 Å². The third kappa shape index (κ3) is 4.04. The summed E-state index contributed by atoms with van der Waals surface area (Å²) < 4.78 is 20.6. The van der Waals surface area contributed by atoms with E-state index in [0.717, 1.165) is 26.2 Å². The van der Waals surface area contributed by atoms with E-state index in [1.54, 1.807) is 14.2 Å². The molecule has 0 aromatic rings. The zero-order chi connectivity index (χ0) is 9.52. The van der Waals surface area contributed by atoms with Crippen molar-refractivity contribution in [2.24, 2.45) is 5.92 Å². The Bertz CT molecular complexity index is 117. The van der Waals surface area contributed by atoms with Gasteiger partial charge in [-0.3, -0.25) is 0 Å². The number of hydrogen-bond acceptors (Lipinski definition) is 4. The minimum absolute atomic E-state index is 0.248. The van der Waals surface area contributed by atoms with Crippen molar-refractivity contribution < 1.29 is 18.9 Å². The van der Waals surface area contributed by atoms with E-state index in [0.29, 0.717) is 12.5 Å². The molecule has 1 unspecified atom stereocenters. The number of rotatable bonds is 6. The summed E-state index contributed by atoms with van der Waals surface area (Å²) in [5.74, 6) is 0.550. The highest BCUT2D eigenvalue weighted by Crippen LogP contribution is 2.12. The quantitative estimate of drug-likeness (QED) is 0.576. The van der Waals surface area contributed by atoms with Gasteiger partial charge in [0.2, 0.25) is 0 Å². The first-order valence-electron chi connectivity index (χ1n) is 4.58. The highest BCUT2D eigenvalue weighted by atomic mass is 16.7. The summed E-state index contributed by atoms with van der Waals surface area (Å²) in [6.07, 6.45) is 0.854. The van der Waals surface area contributed by atoms with Gasteiger partial charge in [-0.15, -0.1) is 0 Å². The fraction of sp³-hybridized carbons (Fsp3) is 1.00. The molecule has 4 nitrogen and oxygen atoms in total. The molecule has 0 aromatic carbocycles. The Morgan fingerprint density at radius 2 is 2.15 bits per heavy atom. The molecular formula is C9H18O4. The predicted octanol–water partition coefficient (Wildman–Crippen LogP) is 0.658. The maximum absolute atomic E-state index is 5.43. The van der Waals surface area contributed by atoms with E-state index in [-0.39, 0.29) is 6.29 Å². The molecule has 1 fully saturated rings. The largest absolute Gasteiger partial charge is 0.381 e. The third-order valence-corrected chi connectivity index (χ3v) is 2.16. The average molecular weight is 190 g/mol. The molecule has 4 heteroatoms. The molecule has 13 heavy (non-hydrogen) atoms. The van der Waals surface area contributed by atoms with Crippen molar-refractivity contribution in [3.63, 3.8) is 0 Å². The molecule has 0 aliphatic carbocycles. The van der Waals surface area contributed by atoms with Crippen LogP contribution in [0.3, 0.4) is 0 Å². The molecule has 0 aromatic heterocycles. The van der Waals surface area contributed by atoms with Gasteiger partial charge >= 0.3 is 0 Å². The topological polar surface area (TPSA) is 36.9 Å². The second-order valence-electron chi connectivity index (χ2n) is 3.17. The maximum Gasteiger partial charge on any atom is 0.180 e. The lowest BCUT2D eigenvalue weighted by molar-refractivity contribution is -0.142. The van der Waals surface area contributed by atoms with E-state index < -0.39 is 0 Å². The molecule has 0 radical (unpaired) electrons. The molecule has 0 saturated carbocycles. The molecule has 1 heterocycles. The van der Waals surface area contributed by atoms with Gasteiger partial charge in [0.1, 0.15) is 0 Å². The highest BCUT2D eigenvalue weighted by Gasteiger charge is 2.16. The van der Waals surface area contributed by atoms with Gasteiger partial charge in [0.25, 0.3) is 0 Å². The molecular weight excluding hydrogens is 172 g/mol. The van der Waals surface area contributed by atoms with Crippen LogP contribution in [0, 0.1) is 5.92 Å². The zero-order valence-electron chi connectivity index (χ0n) is 8.32. The van der Waals surface area contributed by atoms with Gasteiger partial charge in [0.15, 0.2) is 6.29 Å². The van der Waals surface area contributed by atoms with Gasteiger partial charge in [-0.05, 0) is 6.42 Å². The number of ether oxygens (including phenoxy) is 4. The van der Waals surface area contributed by atoms with Crippen LogP contribution in [0.15, 0.2) is 0 Å². The van der Waals surface area contributed by atoms with Gasteiger partial charge < -0.3 is 18.9 Å². The summed E-state index contributed by atoms with van der Waals surface area (Å²) in [4.78, 5) is 0. The van der Waals surface area contributed by atoms with Crippen LogP contribution in [-0.4, -0.2) is 46.9 Å². The maximum atomic E-state index is 5.43. The van der Waals surface area contributed by atoms with Crippen LogP contribution in [0.25, 0.3) is 0 Å². The minimum Gasteiger partial charge on any atom is -0.381 e. The first kappa shape index (κ1) is 10.9. The molecule has 1 atom stereocenters. The Morgan fingerprint density at radius 3 is 2.69 bits per heavy atom. The van der Waals surface area contributed by atoms with E-state index in [1.165, 1.54) is 0 Å². The van der Waals surface area contributed by atoms with Gasteiger partial charge in [-0.1, -0.05) is 0 Å². The van der Waals surface area contributed by atoms with Crippen LogP contribution < -0.4 is 0 Å². The summed E-state index contributed by atoms with van der Waals surface area (Å²) in [5, 5.41) is 0. The fourth-order valence-corrected chi connectivity index (χ4v) is 1.28. The lowest BCUT2D eigenvalue weighted by Gasteiger charge is -2.14. The van der Waals surface area contributed by atoms with Crippen molar-refractivity contribution in [2.75, 3.05) is 40.6 Å². The molecule has 1 rings (SSSR count). The molecule has 1 aliphatic rings. The summed E-state index contributed by atoms with van der Waals surface area (Å²) in [6.45, 7) is 2.92. The predicted molar refractivity (Wildman–Crippen MR) is 47.6 cm³/mol. The van der Waals surface area contributed by atoms with E-state index in [4.69, 9.17) is 18.9 Å². The third-order valence-electron chi connectivity index (χ3n) is 2.16. The molecule has 1 saturated heterocycles. The second kappa shape index (κ2) is 6.32. The van der Waals surface area contributed by atoms with Crippen molar-refractivity contribution in [2.45, 2.75) is 12.7 Å². The monoisotopic (exact) mass is 190 g/mol. The SMILES string of the molecule is COC(COCC1CCOC1)OC. The van der Waals surface area contributed by atoms with Crippen LogP contribution in [0.5, 0.6) is 0 Å². The molecule has 0 N–H and O–H groups in total. The molecule has 78 valence electrons. The Balaban J connectivity index is 1.98. The number of hydrogen-bond donors (Lipinski definition) is 0. The van der Waals surface area contributed by atoms with Crippen molar-refractivity contribution in [1.82, 2.24) is 0 Å². The van der Waals surface area contributed by atoms with Gasteiger partial charge in [0, 0.05) is 26.7 Å². The second-order valence-corrected chi connectivity index (χ2v) is 3.17. The molecule has 1 aliphatic heterocycles. The first-order chi connectivity index (χ1) is 6.36. The first-order valence-corrected chi connectivity index (χ1v) is 4.58. The highest BCUT2D eigenvalue weighted by molar-refractivity contribution is 4.62. The Morgan fingerprint density at radius 1 is 1.38 bits per heavy atom. The van der Waals surface area contributed by atoms with E-state index in [2.05, 4.69) is 0 Å². The van der Waals surface area contributed by atoms with Gasteiger partial charge in [-0.25, -0.2) is 0 Å². The van der Waals surface area contributed by atoms with E-state index in [9.17, 15) is 0 Å². The molecule has 0 amide bonds. The standard InChI is InChI=1S/C9H18O4/c1-10-9(11-2)7-13-6-8-3-4-12-5-8/h8-9H,3-7H2,1-2H3. The summed E-state index contributed by atoms with van der Waals surface area (Å²) in [6, 6.07) is 0. The van der Waals surface area contributed by atoms with Crippen LogP contribution in [0.1, 0.15) is 6.42 Å². The van der Waals surface area contributed by atoms with Crippen LogP contribution >= 0.6 is 0 Å². The van der Waals surface area contributed by atoms with Crippen molar-refractivity contribution in [1.29, 1.82) is 0 Å². The Hall–Kier alpha value is -0.160. The lowest BCUT2D eigenvalue weighted by Crippen LogP contribution is -2.22. The van der Waals surface area contributed by atoms with Gasteiger partial charge in [0.05, 0.1) is 19.8 Å². The van der Waals surface area contributed by atoms with Gasteiger partial charge in [-0.2, -0.15) is 0 Å². The summed E-state index contributed by atoms with van der Waals surface area (Å²) >= 11 is 0. The smallest absolute Gasteiger partial charge is 0.180 e. The minimum atomic E-state index is -0.248. The summed E-state index contributed by atoms with van der Waals surface area (Å²) in [7, 11) is 3.21. The average Bonchev–Trinajstić information content (AvgIpc) is 2.65. The fourth-order valence-electron chi connectivity index (χ4n) is 1.28.